The highest BCUT2D eigenvalue weighted by molar-refractivity contribution is 7.22. The van der Waals surface area contributed by atoms with Crippen LogP contribution in [-0.2, 0) is 11.3 Å². The molecule has 0 aliphatic heterocycles. The number of nitrogens with zero attached hydrogens (tertiary/aromatic N) is 2. The molecule has 32 heavy (non-hydrogen) atoms. The molecule has 0 unspecified atom stereocenters. The van der Waals surface area contributed by atoms with E-state index in [1.807, 2.05) is 19.9 Å². The monoisotopic (exact) mass is 512 g/mol. The summed E-state index contributed by atoms with van der Waals surface area (Å²) in [6.45, 7) is 5.64. The molecular formula is C22H19Cl3N2O4S. The molecule has 0 saturated heterocycles. The maximum Gasteiger partial charge on any atom is 0.271 e. The largest absolute Gasteiger partial charge is 0.494 e. The van der Waals surface area contributed by atoms with Gasteiger partial charge in [-0.1, -0.05) is 34.8 Å². The van der Waals surface area contributed by atoms with Crippen LogP contribution in [0.3, 0.4) is 0 Å². The number of pyridine rings is 1. The Labute approximate surface area is 203 Å². The molecule has 0 radical (unpaired) electrons. The van der Waals surface area contributed by atoms with E-state index in [1.165, 1.54) is 13.0 Å². The summed E-state index contributed by atoms with van der Waals surface area (Å²) in [7, 11) is 0. The molecule has 2 aromatic heterocycles. The summed E-state index contributed by atoms with van der Waals surface area (Å²) in [6, 6.07) is 5.01. The van der Waals surface area contributed by atoms with Crippen molar-refractivity contribution in [1.29, 1.82) is 5.26 Å². The van der Waals surface area contributed by atoms with Crippen LogP contribution in [0.4, 0.5) is 0 Å². The second-order valence-electron chi connectivity index (χ2n) is 7.38. The van der Waals surface area contributed by atoms with Gasteiger partial charge in [0.25, 0.3) is 5.56 Å². The first-order valence-corrected chi connectivity index (χ1v) is 11.6. The molecule has 10 heteroatoms. The van der Waals surface area contributed by atoms with Gasteiger partial charge >= 0.3 is 0 Å². The zero-order valence-corrected chi connectivity index (χ0v) is 20.5. The van der Waals surface area contributed by atoms with Gasteiger partial charge < -0.3 is 9.84 Å². The van der Waals surface area contributed by atoms with E-state index in [2.05, 4.69) is 0 Å². The van der Waals surface area contributed by atoms with Gasteiger partial charge in [0.05, 0.1) is 26.6 Å². The molecule has 6 nitrogen and oxygen atoms in total. The molecule has 1 aromatic carbocycles. The van der Waals surface area contributed by atoms with Crippen LogP contribution in [0.2, 0.25) is 15.1 Å². The number of hydrogen-bond acceptors (Lipinski definition) is 6. The van der Waals surface area contributed by atoms with Gasteiger partial charge in [0, 0.05) is 28.3 Å². The summed E-state index contributed by atoms with van der Waals surface area (Å²) in [5, 5.41) is 21.7. The number of ketones is 1. The Balaban J connectivity index is 2.14. The van der Waals surface area contributed by atoms with Crippen LogP contribution < -0.4 is 5.56 Å². The number of halogens is 3. The van der Waals surface area contributed by atoms with Gasteiger partial charge in [-0.15, -0.1) is 11.3 Å². The topological polar surface area (TPSA) is 92.3 Å². The summed E-state index contributed by atoms with van der Waals surface area (Å²) in [6.07, 6.45) is 0.422. The van der Waals surface area contributed by atoms with E-state index < -0.39 is 17.2 Å². The second-order valence-corrected chi connectivity index (χ2v) is 9.65. The Morgan fingerprint density at radius 2 is 2.00 bits per heavy atom. The Hall–Kier alpha value is -2.08. The number of carbonyl (C=O) groups is 1. The van der Waals surface area contributed by atoms with E-state index in [4.69, 9.17) is 39.5 Å². The van der Waals surface area contributed by atoms with E-state index in [0.29, 0.717) is 33.2 Å². The highest BCUT2D eigenvalue weighted by atomic mass is 35.5. The Morgan fingerprint density at radius 1 is 1.31 bits per heavy atom. The van der Waals surface area contributed by atoms with Crippen LogP contribution in [0, 0.1) is 18.3 Å². The van der Waals surface area contributed by atoms with E-state index in [9.17, 15) is 20.0 Å². The van der Waals surface area contributed by atoms with Crippen molar-refractivity contribution in [3.8, 4) is 11.9 Å². The van der Waals surface area contributed by atoms with E-state index in [0.717, 1.165) is 15.9 Å². The van der Waals surface area contributed by atoms with Crippen LogP contribution in [0.1, 0.15) is 46.6 Å². The second kappa shape index (κ2) is 9.82. The molecule has 0 fully saturated rings. The van der Waals surface area contributed by atoms with Crippen LogP contribution >= 0.6 is 46.1 Å². The van der Waals surface area contributed by atoms with E-state index in [1.54, 1.807) is 6.07 Å². The lowest BCUT2D eigenvalue weighted by Crippen LogP contribution is -2.27. The number of fused-ring (bicyclic) bond motifs is 1. The van der Waals surface area contributed by atoms with Crippen molar-refractivity contribution in [2.75, 3.05) is 6.61 Å². The highest BCUT2D eigenvalue weighted by Crippen LogP contribution is 2.43. The fourth-order valence-corrected chi connectivity index (χ4v) is 5.67. The molecule has 0 saturated carbocycles. The van der Waals surface area contributed by atoms with Crippen LogP contribution in [-0.4, -0.2) is 28.2 Å². The van der Waals surface area contributed by atoms with Gasteiger partial charge in [-0.3, -0.25) is 14.2 Å². The molecule has 0 aliphatic rings. The number of aromatic nitrogens is 1. The molecule has 2 heterocycles. The zero-order chi connectivity index (χ0) is 23.7. The fourth-order valence-electron chi connectivity index (χ4n) is 3.34. The molecule has 1 N–H and O–H groups in total. The maximum atomic E-state index is 13.5. The number of carbonyl (C=O) groups excluding carboxylic acids is 1. The van der Waals surface area contributed by atoms with Crippen LogP contribution in [0.15, 0.2) is 16.9 Å². The number of aromatic hydroxyl groups is 1. The van der Waals surface area contributed by atoms with Crippen molar-refractivity contribution in [1.82, 2.24) is 4.57 Å². The number of benzene rings is 1. The van der Waals surface area contributed by atoms with Crippen molar-refractivity contribution in [3.63, 3.8) is 0 Å². The minimum Gasteiger partial charge on any atom is -0.494 e. The zero-order valence-electron chi connectivity index (χ0n) is 17.5. The third-order valence-electron chi connectivity index (χ3n) is 4.86. The molecule has 3 rings (SSSR count). The molecule has 168 valence electrons. The van der Waals surface area contributed by atoms with Gasteiger partial charge in [-0.25, -0.2) is 0 Å². The minimum atomic E-state index is -0.666. The number of nitriles is 1. The van der Waals surface area contributed by atoms with Gasteiger partial charge in [0.1, 0.15) is 11.6 Å². The van der Waals surface area contributed by atoms with Crippen molar-refractivity contribution >= 4 is 62.0 Å². The lowest BCUT2D eigenvalue weighted by Gasteiger charge is -2.15. The summed E-state index contributed by atoms with van der Waals surface area (Å²) in [4.78, 5) is 26.3. The first-order valence-electron chi connectivity index (χ1n) is 9.68. The lowest BCUT2D eigenvalue weighted by atomic mass is 10.0. The number of rotatable bonds is 7. The molecule has 0 aliphatic carbocycles. The molecule has 0 amide bonds. The Bertz CT molecular complexity index is 1320. The predicted molar refractivity (Wildman–Crippen MR) is 128 cm³/mol. The van der Waals surface area contributed by atoms with E-state index in [-0.39, 0.29) is 39.2 Å². The van der Waals surface area contributed by atoms with Crippen LogP contribution in [0.25, 0.3) is 10.1 Å². The molecule has 0 atom stereocenters. The van der Waals surface area contributed by atoms with Crippen molar-refractivity contribution in [2.24, 2.45) is 0 Å². The Kier molecular flexibility index (Phi) is 7.53. The molecule has 0 spiro atoms. The van der Waals surface area contributed by atoms with Gasteiger partial charge in [-0.2, -0.15) is 5.26 Å². The van der Waals surface area contributed by atoms with Crippen molar-refractivity contribution < 1.29 is 14.6 Å². The average Bonchev–Trinajstić information content (AvgIpc) is 3.03. The predicted octanol–water partition coefficient (Wildman–Crippen LogP) is 5.96. The summed E-state index contributed by atoms with van der Waals surface area (Å²) < 4.78 is 7.10. The SMILES string of the molecule is Cc1c(C(=O)c2sc3cc(Cl)cc(Cl)c3c2Cl)c(O)n(CCCOC(C)C)c(=O)c1C#N. The number of ether oxygens (including phenoxy) is 1. The van der Waals surface area contributed by atoms with Crippen molar-refractivity contribution in [3.05, 3.63) is 59.1 Å². The maximum absolute atomic E-state index is 13.5. The average molecular weight is 514 g/mol. The highest BCUT2D eigenvalue weighted by Gasteiger charge is 2.28. The normalized spacial score (nSPS) is 11.3. The summed E-state index contributed by atoms with van der Waals surface area (Å²) >= 11 is 19.9. The van der Waals surface area contributed by atoms with Gasteiger partial charge in [-0.05, 0) is 44.9 Å². The van der Waals surface area contributed by atoms with E-state index >= 15 is 0 Å². The Morgan fingerprint density at radius 3 is 2.62 bits per heavy atom. The van der Waals surface area contributed by atoms with Gasteiger partial charge in [0.15, 0.2) is 0 Å². The minimum absolute atomic E-state index is 0.0144. The first-order chi connectivity index (χ1) is 15.1. The van der Waals surface area contributed by atoms with Crippen LogP contribution in [0.5, 0.6) is 5.88 Å². The third-order valence-corrected chi connectivity index (χ3v) is 7.00. The number of hydrogen-bond donors (Lipinski definition) is 1. The smallest absolute Gasteiger partial charge is 0.271 e. The fraction of sp³-hybridized carbons (Fsp3) is 0.318. The lowest BCUT2D eigenvalue weighted by molar-refractivity contribution is 0.0743. The molecule has 3 aromatic rings. The first kappa shape index (κ1) is 24.6. The summed E-state index contributed by atoms with van der Waals surface area (Å²) in [5.74, 6) is -1.12. The third kappa shape index (κ3) is 4.52. The summed E-state index contributed by atoms with van der Waals surface area (Å²) in [5.41, 5.74) is -0.941. The van der Waals surface area contributed by atoms with Crippen molar-refractivity contribution in [2.45, 2.75) is 39.8 Å². The standard InChI is InChI=1S/C22H19Cl3N2O4S/c1-10(2)31-6-4-5-27-21(29)13(9-26)11(3)16(22(27)30)19(28)20-18(25)17-14(24)7-12(23)8-15(17)32-20/h7-8,10,30H,4-6H2,1-3H3. The number of thiophene rings is 1. The molecular weight excluding hydrogens is 495 g/mol. The molecule has 0 bridgehead atoms. The quantitative estimate of drug-likeness (QED) is 0.311. The van der Waals surface area contributed by atoms with Gasteiger partial charge in [0.2, 0.25) is 11.7 Å².